The minimum absolute atomic E-state index is 0.0805. The summed E-state index contributed by atoms with van der Waals surface area (Å²) in [5.74, 6) is 0.874. The Hall–Kier alpha value is -0.810. The normalized spacial score (nSPS) is 10.6. The van der Waals surface area contributed by atoms with Gasteiger partial charge in [0.15, 0.2) is 5.16 Å². The van der Waals surface area contributed by atoms with Gasteiger partial charge in [0, 0.05) is 24.1 Å². The van der Waals surface area contributed by atoms with Crippen LogP contribution in [-0.4, -0.2) is 27.4 Å². The lowest BCUT2D eigenvalue weighted by Crippen LogP contribution is -2.10. The fraction of sp³-hybridized carbons (Fsp3) is 0.636. The molecule has 0 bridgehead atoms. The third-order valence-electron chi connectivity index (χ3n) is 2.07. The fourth-order valence-electron chi connectivity index (χ4n) is 1.32. The molecule has 0 fully saturated rings. The minimum atomic E-state index is -0.0805. The molecule has 16 heavy (non-hydrogen) atoms. The van der Waals surface area contributed by atoms with Gasteiger partial charge in [-0.1, -0.05) is 25.1 Å². The topological polar surface area (TPSA) is 66.0 Å². The van der Waals surface area contributed by atoms with E-state index in [1.54, 1.807) is 6.07 Å². The molecule has 0 aliphatic heterocycles. The number of hydrogen-bond acceptors (Lipinski definition) is 4. The minimum Gasteiger partial charge on any atom is -0.396 e. The van der Waals surface area contributed by atoms with E-state index in [1.165, 1.54) is 11.8 Å². The van der Waals surface area contributed by atoms with E-state index in [9.17, 15) is 4.79 Å². The predicted molar refractivity (Wildman–Crippen MR) is 65.9 cm³/mol. The quantitative estimate of drug-likeness (QED) is 0.433. The van der Waals surface area contributed by atoms with Gasteiger partial charge in [-0.25, -0.2) is 4.98 Å². The lowest BCUT2D eigenvalue weighted by Gasteiger charge is -2.02. The second-order valence-corrected chi connectivity index (χ2v) is 4.65. The fourth-order valence-corrected chi connectivity index (χ4v) is 2.22. The average Bonchev–Trinajstić information content (AvgIpc) is 2.24. The Bertz CT molecular complexity index is 365. The Labute approximate surface area is 99.5 Å². The van der Waals surface area contributed by atoms with E-state index in [0.717, 1.165) is 37.1 Å². The summed E-state index contributed by atoms with van der Waals surface area (Å²) in [6.45, 7) is 2.29. The number of hydrogen-bond donors (Lipinski definition) is 2. The van der Waals surface area contributed by atoms with Crippen molar-refractivity contribution in [2.24, 2.45) is 0 Å². The molecular weight excluding hydrogens is 224 g/mol. The number of thioether (sulfide) groups is 1. The van der Waals surface area contributed by atoms with E-state index < -0.39 is 0 Å². The van der Waals surface area contributed by atoms with E-state index in [2.05, 4.69) is 16.9 Å². The maximum Gasteiger partial charge on any atom is 0.251 e. The van der Waals surface area contributed by atoms with Crippen LogP contribution in [0, 0.1) is 0 Å². The van der Waals surface area contributed by atoms with Crippen molar-refractivity contribution in [3.05, 3.63) is 22.1 Å². The first-order valence-electron chi connectivity index (χ1n) is 5.60. The second kappa shape index (κ2) is 7.46. The molecule has 0 aromatic carbocycles. The third kappa shape index (κ3) is 4.81. The first-order chi connectivity index (χ1) is 7.76. The molecule has 90 valence electrons. The van der Waals surface area contributed by atoms with E-state index in [0.29, 0.717) is 5.16 Å². The van der Waals surface area contributed by atoms with Gasteiger partial charge < -0.3 is 10.1 Å². The Morgan fingerprint density at radius 2 is 2.31 bits per heavy atom. The van der Waals surface area contributed by atoms with Crippen molar-refractivity contribution in [2.45, 2.75) is 37.8 Å². The maximum absolute atomic E-state index is 11.3. The van der Waals surface area contributed by atoms with Gasteiger partial charge in [0.2, 0.25) is 0 Å². The molecule has 0 aliphatic rings. The summed E-state index contributed by atoms with van der Waals surface area (Å²) in [6, 6.07) is 1.56. The molecule has 2 N–H and O–H groups in total. The van der Waals surface area contributed by atoms with Gasteiger partial charge in [-0.15, -0.1) is 0 Å². The van der Waals surface area contributed by atoms with Crippen LogP contribution in [0.1, 0.15) is 31.9 Å². The van der Waals surface area contributed by atoms with Crippen molar-refractivity contribution in [1.29, 1.82) is 0 Å². The van der Waals surface area contributed by atoms with Gasteiger partial charge in [0.25, 0.3) is 5.56 Å². The molecule has 1 heterocycles. The molecule has 1 rings (SSSR count). The number of unbranched alkanes of at least 4 members (excludes halogenated alkanes) is 1. The summed E-state index contributed by atoms with van der Waals surface area (Å²) in [4.78, 5) is 18.4. The van der Waals surface area contributed by atoms with Crippen molar-refractivity contribution in [2.75, 3.05) is 12.4 Å². The van der Waals surface area contributed by atoms with Gasteiger partial charge in [0.05, 0.1) is 0 Å². The van der Waals surface area contributed by atoms with Crippen LogP contribution in [0.3, 0.4) is 0 Å². The summed E-state index contributed by atoms with van der Waals surface area (Å²) in [5, 5.41) is 9.33. The second-order valence-electron chi connectivity index (χ2n) is 3.57. The molecule has 5 heteroatoms. The molecule has 0 aliphatic carbocycles. The summed E-state index contributed by atoms with van der Waals surface area (Å²) >= 11 is 1.54. The smallest absolute Gasteiger partial charge is 0.251 e. The van der Waals surface area contributed by atoms with Crippen LogP contribution >= 0.6 is 11.8 Å². The molecule has 0 saturated heterocycles. The molecule has 0 atom stereocenters. The van der Waals surface area contributed by atoms with Crippen molar-refractivity contribution in [1.82, 2.24) is 9.97 Å². The maximum atomic E-state index is 11.3. The summed E-state index contributed by atoms with van der Waals surface area (Å²) in [6.07, 6.45) is 3.56. The van der Waals surface area contributed by atoms with Gasteiger partial charge in [0.1, 0.15) is 0 Å². The van der Waals surface area contributed by atoms with Crippen molar-refractivity contribution >= 4 is 11.8 Å². The highest BCUT2D eigenvalue weighted by Gasteiger charge is 2.01. The van der Waals surface area contributed by atoms with Crippen LogP contribution in [0.2, 0.25) is 0 Å². The molecule has 0 saturated carbocycles. The van der Waals surface area contributed by atoms with Crippen LogP contribution in [0.4, 0.5) is 0 Å². The zero-order valence-electron chi connectivity index (χ0n) is 9.53. The number of aliphatic hydroxyl groups is 1. The third-order valence-corrected chi connectivity index (χ3v) is 3.03. The highest BCUT2D eigenvalue weighted by atomic mass is 32.2. The number of nitrogens with one attached hydrogen (secondary N) is 1. The van der Waals surface area contributed by atoms with Crippen LogP contribution in [0.25, 0.3) is 0 Å². The van der Waals surface area contributed by atoms with E-state index in [1.807, 2.05) is 0 Å². The monoisotopic (exact) mass is 242 g/mol. The van der Waals surface area contributed by atoms with E-state index in [4.69, 9.17) is 5.11 Å². The number of aromatic nitrogens is 2. The zero-order chi connectivity index (χ0) is 11.8. The number of nitrogens with zero attached hydrogens (tertiary/aromatic N) is 1. The highest BCUT2D eigenvalue weighted by molar-refractivity contribution is 7.99. The first-order valence-corrected chi connectivity index (χ1v) is 6.58. The zero-order valence-corrected chi connectivity index (χ0v) is 10.3. The Kier molecular flexibility index (Phi) is 6.18. The summed E-state index contributed by atoms with van der Waals surface area (Å²) in [5.41, 5.74) is 0.777. The standard InChI is InChI=1S/C11H18N2O2S/c1-2-5-9-8-10(15)13-11(12-9)16-7-4-3-6-14/h8,14H,2-7H2,1H3,(H,12,13,15). The molecule has 1 aromatic rings. The van der Waals surface area contributed by atoms with Gasteiger partial charge >= 0.3 is 0 Å². The molecule has 1 aromatic heterocycles. The van der Waals surface area contributed by atoms with Crippen LogP contribution < -0.4 is 5.56 Å². The molecule has 0 spiro atoms. The number of rotatable bonds is 7. The predicted octanol–water partition coefficient (Wildman–Crippen LogP) is 1.59. The van der Waals surface area contributed by atoms with Gasteiger partial charge in [-0.3, -0.25) is 4.79 Å². The molecule has 0 unspecified atom stereocenters. The number of aryl methyl sites for hydroxylation is 1. The number of H-pyrrole nitrogens is 1. The number of aromatic amines is 1. The van der Waals surface area contributed by atoms with Gasteiger partial charge in [-0.05, 0) is 19.3 Å². The van der Waals surface area contributed by atoms with Crippen LogP contribution in [0.5, 0.6) is 0 Å². The molecular formula is C11H18N2O2S. The summed E-state index contributed by atoms with van der Waals surface area (Å²) < 4.78 is 0. The summed E-state index contributed by atoms with van der Waals surface area (Å²) in [7, 11) is 0. The van der Waals surface area contributed by atoms with Crippen molar-refractivity contribution in [3.63, 3.8) is 0 Å². The first kappa shape index (κ1) is 13.3. The van der Waals surface area contributed by atoms with E-state index >= 15 is 0 Å². The van der Waals surface area contributed by atoms with Crippen LogP contribution in [-0.2, 0) is 6.42 Å². The molecule has 0 amide bonds. The van der Waals surface area contributed by atoms with Gasteiger partial charge in [-0.2, -0.15) is 0 Å². The molecule has 0 radical (unpaired) electrons. The Morgan fingerprint density at radius 1 is 1.50 bits per heavy atom. The average molecular weight is 242 g/mol. The Morgan fingerprint density at radius 3 is 3.00 bits per heavy atom. The number of aliphatic hydroxyl groups excluding tert-OH is 1. The molecule has 4 nitrogen and oxygen atoms in total. The van der Waals surface area contributed by atoms with E-state index in [-0.39, 0.29) is 12.2 Å². The lowest BCUT2D eigenvalue weighted by molar-refractivity contribution is 0.287. The van der Waals surface area contributed by atoms with Crippen molar-refractivity contribution < 1.29 is 5.11 Å². The Balaban J connectivity index is 2.54. The highest BCUT2D eigenvalue weighted by Crippen LogP contribution is 2.13. The SMILES string of the molecule is CCCc1cc(=O)[nH]c(SCCCCO)n1. The van der Waals surface area contributed by atoms with Crippen molar-refractivity contribution in [3.8, 4) is 0 Å². The largest absolute Gasteiger partial charge is 0.396 e. The lowest BCUT2D eigenvalue weighted by atomic mass is 10.2. The van der Waals surface area contributed by atoms with Crippen LogP contribution in [0.15, 0.2) is 16.0 Å².